The molecule has 0 fully saturated rings. The molecule has 136 valence electrons. The van der Waals surface area contributed by atoms with Crippen molar-refractivity contribution in [2.45, 2.75) is 6.54 Å². The van der Waals surface area contributed by atoms with Gasteiger partial charge in [-0.15, -0.1) is 0 Å². The van der Waals surface area contributed by atoms with Gasteiger partial charge in [-0.3, -0.25) is 4.79 Å². The van der Waals surface area contributed by atoms with Gasteiger partial charge in [-0.1, -0.05) is 11.6 Å². The Hall–Kier alpha value is -3.32. The van der Waals surface area contributed by atoms with E-state index in [0.29, 0.717) is 28.6 Å². The number of carbonyl (C=O) groups excluding carboxylic acids is 1. The molecule has 7 nitrogen and oxygen atoms in total. The van der Waals surface area contributed by atoms with Gasteiger partial charge in [0.2, 0.25) is 0 Å². The molecule has 0 unspecified atom stereocenters. The standard InChI is InChI=1S/C19H15ClN4O3/c1-26-15-3-2-13(9-14(15)20)18-17(23-11-27-18)19(25)22-10-12-4-6-24-7-5-21-16(24)8-12/h2-9,11H,10H2,1H3,(H,22,25). The smallest absolute Gasteiger partial charge is 0.274 e. The minimum atomic E-state index is -0.339. The molecule has 3 aromatic heterocycles. The number of amides is 1. The summed E-state index contributed by atoms with van der Waals surface area (Å²) in [6.45, 7) is 0.345. The zero-order valence-electron chi connectivity index (χ0n) is 14.3. The van der Waals surface area contributed by atoms with Crippen LogP contribution in [-0.4, -0.2) is 27.4 Å². The lowest BCUT2D eigenvalue weighted by Gasteiger charge is -2.07. The number of nitrogens with one attached hydrogen (secondary N) is 1. The Morgan fingerprint density at radius 2 is 2.15 bits per heavy atom. The number of oxazole rings is 1. The maximum absolute atomic E-state index is 12.6. The van der Waals surface area contributed by atoms with E-state index in [1.54, 1.807) is 24.4 Å². The van der Waals surface area contributed by atoms with E-state index in [4.69, 9.17) is 20.8 Å². The number of hydrogen-bond donors (Lipinski definition) is 1. The van der Waals surface area contributed by atoms with Crippen LogP contribution in [-0.2, 0) is 6.54 Å². The van der Waals surface area contributed by atoms with Crippen LogP contribution in [0.4, 0.5) is 0 Å². The lowest BCUT2D eigenvalue weighted by atomic mass is 10.1. The summed E-state index contributed by atoms with van der Waals surface area (Å²) in [5, 5.41) is 3.27. The fourth-order valence-corrected chi connectivity index (χ4v) is 3.01. The Bertz CT molecular complexity index is 1120. The number of nitrogens with zero attached hydrogens (tertiary/aromatic N) is 3. The number of halogens is 1. The molecule has 0 aliphatic carbocycles. The maximum atomic E-state index is 12.6. The van der Waals surface area contributed by atoms with Crippen molar-refractivity contribution < 1.29 is 13.9 Å². The molecule has 1 amide bonds. The monoisotopic (exact) mass is 382 g/mol. The lowest BCUT2D eigenvalue weighted by Crippen LogP contribution is -2.23. The van der Waals surface area contributed by atoms with Crippen LogP contribution in [0, 0.1) is 0 Å². The summed E-state index contributed by atoms with van der Waals surface area (Å²) < 4.78 is 12.5. The summed E-state index contributed by atoms with van der Waals surface area (Å²) in [5.41, 5.74) is 2.58. The van der Waals surface area contributed by atoms with E-state index in [1.807, 2.05) is 28.9 Å². The van der Waals surface area contributed by atoms with Crippen LogP contribution in [0.15, 0.2) is 59.7 Å². The van der Waals surface area contributed by atoms with E-state index in [1.165, 1.54) is 13.5 Å². The quantitative estimate of drug-likeness (QED) is 0.570. The van der Waals surface area contributed by atoms with Crippen molar-refractivity contribution in [3.8, 4) is 17.1 Å². The topological polar surface area (TPSA) is 81.7 Å². The Kier molecular flexibility index (Phi) is 4.52. The van der Waals surface area contributed by atoms with Gasteiger partial charge in [0.25, 0.3) is 5.91 Å². The predicted molar refractivity (Wildman–Crippen MR) is 99.9 cm³/mol. The van der Waals surface area contributed by atoms with Crippen LogP contribution in [0.3, 0.4) is 0 Å². The second kappa shape index (κ2) is 7.13. The maximum Gasteiger partial charge on any atom is 0.274 e. The second-order valence-electron chi connectivity index (χ2n) is 5.79. The highest BCUT2D eigenvalue weighted by molar-refractivity contribution is 6.32. The molecule has 8 heteroatoms. The normalized spacial score (nSPS) is 10.9. The Labute approximate surface area is 159 Å². The van der Waals surface area contributed by atoms with Crippen LogP contribution < -0.4 is 10.1 Å². The van der Waals surface area contributed by atoms with Crippen LogP contribution in [0.25, 0.3) is 17.0 Å². The number of fused-ring (bicyclic) bond motifs is 1. The average molecular weight is 383 g/mol. The van der Waals surface area contributed by atoms with E-state index in [2.05, 4.69) is 15.3 Å². The van der Waals surface area contributed by atoms with E-state index in [9.17, 15) is 4.79 Å². The Morgan fingerprint density at radius 1 is 1.26 bits per heavy atom. The molecule has 0 spiro atoms. The van der Waals surface area contributed by atoms with Gasteiger partial charge in [0.1, 0.15) is 11.4 Å². The fraction of sp³-hybridized carbons (Fsp3) is 0.105. The highest BCUT2D eigenvalue weighted by atomic mass is 35.5. The summed E-state index contributed by atoms with van der Waals surface area (Å²) in [6.07, 6.45) is 6.71. The van der Waals surface area contributed by atoms with Crippen LogP contribution in [0.5, 0.6) is 5.75 Å². The first kappa shape index (κ1) is 17.1. The minimum absolute atomic E-state index is 0.193. The summed E-state index contributed by atoms with van der Waals surface area (Å²) in [7, 11) is 1.54. The molecule has 0 aliphatic rings. The number of carbonyl (C=O) groups is 1. The first-order valence-corrected chi connectivity index (χ1v) is 8.50. The lowest BCUT2D eigenvalue weighted by molar-refractivity contribution is 0.0946. The van der Waals surface area contributed by atoms with Gasteiger partial charge in [-0.2, -0.15) is 0 Å². The zero-order chi connectivity index (χ0) is 18.8. The van der Waals surface area contributed by atoms with Crippen molar-refractivity contribution in [3.63, 3.8) is 0 Å². The first-order valence-electron chi connectivity index (χ1n) is 8.13. The van der Waals surface area contributed by atoms with Crippen LogP contribution >= 0.6 is 11.6 Å². The summed E-state index contributed by atoms with van der Waals surface area (Å²) >= 11 is 6.16. The third-order valence-corrected chi connectivity index (χ3v) is 4.41. The number of aromatic nitrogens is 3. The molecule has 1 N–H and O–H groups in total. The van der Waals surface area contributed by atoms with E-state index < -0.39 is 0 Å². The second-order valence-corrected chi connectivity index (χ2v) is 6.20. The van der Waals surface area contributed by atoms with Gasteiger partial charge in [0.15, 0.2) is 17.8 Å². The first-order chi connectivity index (χ1) is 13.2. The van der Waals surface area contributed by atoms with Crippen molar-refractivity contribution in [3.05, 3.63) is 71.6 Å². The van der Waals surface area contributed by atoms with E-state index >= 15 is 0 Å². The number of pyridine rings is 1. The van der Waals surface area contributed by atoms with Gasteiger partial charge < -0.3 is 18.9 Å². The van der Waals surface area contributed by atoms with Gasteiger partial charge >= 0.3 is 0 Å². The van der Waals surface area contributed by atoms with Crippen molar-refractivity contribution in [2.24, 2.45) is 0 Å². The van der Waals surface area contributed by atoms with Gasteiger partial charge in [-0.25, -0.2) is 9.97 Å². The summed E-state index contributed by atoms with van der Waals surface area (Å²) in [6, 6.07) is 8.97. The largest absolute Gasteiger partial charge is 0.495 e. The molecule has 4 aromatic rings. The number of benzene rings is 1. The molecular weight excluding hydrogens is 368 g/mol. The fourth-order valence-electron chi connectivity index (χ4n) is 2.75. The molecule has 27 heavy (non-hydrogen) atoms. The number of hydrogen-bond acceptors (Lipinski definition) is 5. The molecule has 3 heterocycles. The van der Waals surface area contributed by atoms with Gasteiger partial charge in [0.05, 0.1) is 12.1 Å². The Morgan fingerprint density at radius 3 is 2.96 bits per heavy atom. The van der Waals surface area contributed by atoms with Crippen LogP contribution in [0.2, 0.25) is 5.02 Å². The molecule has 0 atom stereocenters. The number of methoxy groups -OCH3 is 1. The molecular formula is C19H15ClN4O3. The molecule has 1 aromatic carbocycles. The van der Waals surface area contributed by atoms with Crippen molar-refractivity contribution in [1.82, 2.24) is 19.7 Å². The Balaban J connectivity index is 1.53. The average Bonchev–Trinajstić information content (AvgIpc) is 3.34. The minimum Gasteiger partial charge on any atom is -0.495 e. The third-order valence-electron chi connectivity index (χ3n) is 4.11. The van der Waals surface area contributed by atoms with Crippen molar-refractivity contribution >= 4 is 23.2 Å². The highest BCUT2D eigenvalue weighted by Crippen LogP contribution is 2.31. The predicted octanol–water partition coefficient (Wildman–Crippen LogP) is 3.58. The van der Waals surface area contributed by atoms with Gasteiger partial charge in [0, 0.05) is 30.7 Å². The molecule has 0 saturated heterocycles. The number of imidazole rings is 1. The van der Waals surface area contributed by atoms with Gasteiger partial charge in [-0.05, 0) is 35.9 Å². The zero-order valence-corrected chi connectivity index (χ0v) is 15.1. The molecule has 0 radical (unpaired) electrons. The SMILES string of the molecule is COc1ccc(-c2ocnc2C(=O)NCc2ccn3ccnc3c2)cc1Cl. The summed E-state index contributed by atoms with van der Waals surface area (Å²) in [4.78, 5) is 20.9. The molecule has 0 aliphatic heterocycles. The summed E-state index contributed by atoms with van der Waals surface area (Å²) in [5.74, 6) is 0.551. The van der Waals surface area contributed by atoms with Crippen molar-refractivity contribution in [2.75, 3.05) is 7.11 Å². The molecule has 0 bridgehead atoms. The number of ether oxygens (including phenoxy) is 1. The van der Waals surface area contributed by atoms with E-state index in [-0.39, 0.29) is 11.6 Å². The third kappa shape index (κ3) is 3.37. The highest BCUT2D eigenvalue weighted by Gasteiger charge is 2.19. The van der Waals surface area contributed by atoms with Crippen LogP contribution in [0.1, 0.15) is 16.1 Å². The number of rotatable bonds is 5. The van der Waals surface area contributed by atoms with E-state index in [0.717, 1.165) is 11.2 Å². The molecule has 0 saturated carbocycles. The molecule has 4 rings (SSSR count). The van der Waals surface area contributed by atoms with Crippen molar-refractivity contribution in [1.29, 1.82) is 0 Å².